The number of nitro groups is 1. The molecule has 4 rings (SSSR count). The fourth-order valence-electron chi connectivity index (χ4n) is 3.02. The highest BCUT2D eigenvalue weighted by atomic mass is 16.6. The molecule has 4 aromatic rings. The number of esters is 1. The molecule has 0 radical (unpaired) electrons. The Hall–Kier alpha value is -3.67. The van der Waals surface area contributed by atoms with E-state index in [9.17, 15) is 14.9 Å². The molecule has 0 amide bonds. The predicted molar refractivity (Wildman–Crippen MR) is 97.1 cm³/mol. The van der Waals surface area contributed by atoms with Gasteiger partial charge >= 0.3 is 5.97 Å². The van der Waals surface area contributed by atoms with Gasteiger partial charge in [0.25, 0.3) is 5.69 Å². The number of non-ortho nitro benzene ring substituents is 1. The minimum Gasteiger partial charge on any atom is -0.465 e. The number of carbonyl (C=O) groups is 1. The number of fused-ring (bicyclic) bond motifs is 3. The molecule has 0 aliphatic carbocycles. The summed E-state index contributed by atoms with van der Waals surface area (Å²) in [5, 5.41) is 13.2. The van der Waals surface area contributed by atoms with Crippen molar-refractivity contribution in [2.24, 2.45) is 0 Å². The van der Waals surface area contributed by atoms with E-state index >= 15 is 0 Å². The smallest absolute Gasteiger partial charge is 0.338 e. The molecule has 0 N–H and O–H groups in total. The van der Waals surface area contributed by atoms with Gasteiger partial charge in [-0.25, -0.2) is 4.79 Å². The molecule has 6 nitrogen and oxygen atoms in total. The SMILES string of the molecule is COC(=O)c1cc2ccccc2c2oc(-c3ccc([N+](=O)[O-])cc3)cc12. The second-order valence-electron chi connectivity index (χ2n) is 5.79. The van der Waals surface area contributed by atoms with Gasteiger partial charge in [-0.3, -0.25) is 10.1 Å². The van der Waals surface area contributed by atoms with Crippen molar-refractivity contribution < 1.29 is 18.9 Å². The first kappa shape index (κ1) is 15.8. The summed E-state index contributed by atoms with van der Waals surface area (Å²) in [7, 11) is 1.33. The van der Waals surface area contributed by atoms with Crippen molar-refractivity contribution in [3.63, 3.8) is 0 Å². The van der Waals surface area contributed by atoms with Crippen LogP contribution in [0.15, 0.2) is 65.1 Å². The molecule has 1 aromatic heterocycles. The van der Waals surface area contributed by atoms with Gasteiger partial charge in [-0.05, 0) is 29.7 Å². The van der Waals surface area contributed by atoms with Crippen LogP contribution in [0.5, 0.6) is 0 Å². The Morgan fingerprint density at radius 2 is 1.77 bits per heavy atom. The van der Waals surface area contributed by atoms with Gasteiger partial charge in [0.2, 0.25) is 0 Å². The number of ether oxygens (including phenoxy) is 1. The first-order chi connectivity index (χ1) is 12.6. The van der Waals surface area contributed by atoms with Crippen LogP contribution >= 0.6 is 0 Å². The molecule has 1 heterocycles. The van der Waals surface area contributed by atoms with Crippen LogP contribution in [0.25, 0.3) is 33.1 Å². The molecule has 6 heteroatoms. The van der Waals surface area contributed by atoms with E-state index < -0.39 is 10.9 Å². The number of furan rings is 1. The lowest BCUT2D eigenvalue weighted by atomic mass is 10.0. The highest BCUT2D eigenvalue weighted by Crippen LogP contribution is 2.36. The summed E-state index contributed by atoms with van der Waals surface area (Å²) >= 11 is 0. The highest BCUT2D eigenvalue weighted by molar-refractivity contribution is 6.14. The zero-order chi connectivity index (χ0) is 18.3. The summed E-state index contributed by atoms with van der Waals surface area (Å²) in [4.78, 5) is 22.6. The molecule has 0 aliphatic rings. The van der Waals surface area contributed by atoms with E-state index in [1.807, 2.05) is 24.3 Å². The Kier molecular flexibility index (Phi) is 3.65. The minimum atomic E-state index is -0.453. The maximum atomic E-state index is 12.2. The van der Waals surface area contributed by atoms with Crippen LogP contribution in [0.1, 0.15) is 10.4 Å². The molecule has 128 valence electrons. The predicted octanol–water partition coefficient (Wildman–Crippen LogP) is 4.95. The van der Waals surface area contributed by atoms with Crippen molar-refractivity contribution in [3.8, 4) is 11.3 Å². The van der Waals surface area contributed by atoms with E-state index in [-0.39, 0.29) is 5.69 Å². The molecular weight excluding hydrogens is 334 g/mol. The zero-order valence-corrected chi connectivity index (χ0v) is 13.8. The minimum absolute atomic E-state index is 0.00515. The number of nitro benzene ring substituents is 1. The topological polar surface area (TPSA) is 82.6 Å². The van der Waals surface area contributed by atoms with Crippen molar-refractivity contribution in [1.82, 2.24) is 0 Å². The molecule has 0 saturated heterocycles. The number of carbonyl (C=O) groups excluding carboxylic acids is 1. The summed E-state index contributed by atoms with van der Waals surface area (Å²) in [6.45, 7) is 0. The van der Waals surface area contributed by atoms with E-state index in [1.54, 1.807) is 24.3 Å². The summed E-state index contributed by atoms with van der Waals surface area (Å²) in [6.07, 6.45) is 0. The monoisotopic (exact) mass is 347 g/mol. The summed E-state index contributed by atoms with van der Waals surface area (Å²) < 4.78 is 10.9. The molecule has 3 aromatic carbocycles. The molecule has 0 fully saturated rings. The third kappa shape index (κ3) is 2.48. The average Bonchev–Trinajstić information content (AvgIpc) is 3.12. The Morgan fingerprint density at radius 3 is 2.46 bits per heavy atom. The third-order valence-corrected chi connectivity index (χ3v) is 4.30. The second-order valence-corrected chi connectivity index (χ2v) is 5.79. The van der Waals surface area contributed by atoms with Gasteiger partial charge < -0.3 is 9.15 Å². The van der Waals surface area contributed by atoms with Gasteiger partial charge in [0.1, 0.15) is 11.3 Å². The fraction of sp³-hybridized carbons (Fsp3) is 0.0500. The molecular formula is C20H13NO5. The molecule has 26 heavy (non-hydrogen) atoms. The molecule has 0 saturated carbocycles. The van der Waals surface area contributed by atoms with Crippen molar-refractivity contribution >= 4 is 33.4 Å². The summed E-state index contributed by atoms with van der Waals surface area (Å²) in [5.41, 5.74) is 1.69. The Morgan fingerprint density at radius 1 is 1.04 bits per heavy atom. The van der Waals surface area contributed by atoms with Crippen LogP contribution in [0, 0.1) is 10.1 Å². The Bertz CT molecular complexity index is 1160. The Labute approximate surface area is 147 Å². The van der Waals surface area contributed by atoms with Crippen LogP contribution in [-0.2, 0) is 4.74 Å². The number of benzene rings is 3. The first-order valence-electron chi connectivity index (χ1n) is 7.87. The van der Waals surface area contributed by atoms with Gasteiger partial charge in [0, 0.05) is 28.5 Å². The molecule has 0 unspecified atom stereocenters. The lowest BCUT2D eigenvalue weighted by Crippen LogP contribution is -2.01. The van der Waals surface area contributed by atoms with Gasteiger partial charge in [0.05, 0.1) is 17.6 Å². The molecule has 0 atom stereocenters. The van der Waals surface area contributed by atoms with Crippen molar-refractivity contribution in [2.45, 2.75) is 0 Å². The van der Waals surface area contributed by atoms with E-state index in [1.165, 1.54) is 19.2 Å². The Balaban J connectivity index is 1.97. The molecule has 0 bridgehead atoms. The number of hydrogen-bond acceptors (Lipinski definition) is 5. The van der Waals surface area contributed by atoms with Crippen LogP contribution < -0.4 is 0 Å². The quantitative estimate of drug-likeness (QED) is 0.297. The number of rotatable bonds is 3. The number of methoxy groups -OCH3 is 1. The lowest BCUT2D eigenvalue weighted by molar-refractivity contribution is -0.384. The lowest BCUT2D eigenvalue weighted by Gasteiger charge is -2.04. The van der Waals surface area contributed by atoms with Gasteiger partial charge in [-0.15, -0.1) is 0 Å². The van der Waals surface area contributed by atoms with E-state index in [0.29, 0.717) is 27.9 Å². The zero-order valence-electron chi connectivity index (χ0n) is 13.8. The fourth-order valence-corrected chi connectivity index (χ4v) is 3.02. The molecule has 0 spiro atoms. The van der Waals surface area contributed by atoms with Crippen molar-refractivity contribution in [3.05, 3.63) is 76.3 Å². The highest BCUT2D eigenvalue weighted by Gasteiger charge is 2.18. The van der Waals surface area contributed by atoms with Gasteiger partial charge in [-0.2, -0.15) is 0 Å². The van der Waals surface area contributed by atoms with Gasteiger partial charge in [-0.1, -0.05) is 24.3 Å². The van der Waals surface area contributed by atoms with Crippen LogP contribution in [0.3, 0.4) is 0 Å². The molecule has 0 aliphatic heterocycles. The maximum absolute atomic E-state index is 12.2. The van der Waals surface area contributed by atoms with E-state index in [4.69, 9.17) is 9.15 Å². The van der Waals surface area contributed by atoms with Crippen LogP contribution in [0.2, 0.25) is 0 Å². The third-order valence-electron chi connectivity index (χ3n) is 4.30. The average molecular weight is 347 g/mol. The van der Waals surface area contributed by atoms with Crippen molar-refractivity contribution in [1.29, 1.82) is 0 Å². The summed E-state index contributed by atoms with van der Waals surface area (Å²) in [5.74, 6) is 0.0770. The van der Waals surface area contributed by atoms with E-state index in [0.717, 1.165) is 10.8 Å². The second kappa shape index (κ2) is 6.00. The summed E-state index contributed by atoms with van der Waals surface area (Å²) in [6, 6.07) is 17.2. The largest absolute Gasteiger partial charge is 0.465 e. The number of nitrogens with zero attached hydrogens (tertiary/aromatic N) is 1. The van der Waals surface area contributed by atoms with Gasteiger partial charge in [0.15, 0.2) is 0 Å². The van der Waals surface area contributed by atoms with Crippen LogP contribution in [0.4, 0.5) is 5.69 Å². The number of hydrogen-bond donors (Lipinski definition) is 0. The standard InChI is InChI=1S/C20H13NO5/c1-25-20(22)17-10-13-4-2-3-5-15(13)19-16(17)11-18(26-19)12-6-8-14(9-7-12)21(23)24/h2-11H,1H3. The van der Waals surface area contributed by atoms with Crippen molar-refractivity contribution in [2.75, 3.05) is 7.11 Å². The van der Waals surface area contributed by atoms with E-state index in [2.05, 4.69) is 0 Å². The first-order valence-corrected chi connectivity index (χ1v) is 7.87. The normalized spacial score (nSPS) is 11.0. The van der Waals surface area contributed by atoms with Crippen LogP contribution in [-0.4, -0.2) is 18.0 Å². The maximum Gasteiger partial charge on any atom is 0.338 e.